The van der Waals surface area contributed by atoms with Crippen molar-refractivity contribution in [2.45, 2.75) is 25.3 Å². The first kappa shape index (κ1) is 20.1. The highest BCUT2D eigenvalue weighted by Gasteiger charge is 2.20. The number of nitrogens with zero attached hydrogens (tertiary/aromatic N) is 3. The van der Waals surface area contributed by atoms with E-state index in [0.717, 1.165) is 28.9 Å². The normalized spacial score (nSPS) is 16.9. The summed E-state index contributed by atoms with van der Waals surface area (Å²) in [5.74, 6) is 0.535. The highest BCUT2D eigenvalue weighted by Crippen LogP contribution is 2.31. The number of hydrogen-bond donors (Lipinski definition) is 0. The van der Waals surface area contributed by atoms with Gasteiger partial charge in [-0.1, -0.05) is 47.5 Å². The third-order valence-corrected chi connectivity index (χ3v) is 5.86. The number of rotatable bonds is 6. The number of hydrogen-bond acceptors (Lipinski definition) is 4. The van der Waals surface area contributed by atoms with Crippen LogP contribution in [0.2, 0.25) is 10.0 Å². The maximum absolute atomic E-state index is 6.07. The number of ether oxygens (including phenoxy) is 1. The minimum Gasteiger partial charge on any atom is -0.476 e. The van der Waals surface area contributed by atoms with Crippen LogP contribution in [0.3, 0.4) is 0 Å². The molecule has 1 fully saturated rings. The zero-order chi connectivity index (χ0) is 20.2. The van der Waals surface area contributed by atoms with Crippen LogP contribution in [0.1, 0.15) is 19.3 Å². The second-order valence-electron chi connectivity index (χ2n) is 7.33. The first-order valence-corrected chi connectivity index (χ1v) is 10.6. The molecule has 6 heteroatoms. The van der Waals surface area contributed by atoms with Gasteiger partial charge in [0, 0.05) is 27.2 Å². The van der Waals surface area contributed by atoms with Gasteiger partial charge >= 0.3 is 0 Å². The molecule has 0 aliphatic carbocycles. The Labute approximate surface area is 181 Å². The van der Waals surface area contributed by atoms with Crippen molar-refractivity contribution in [1.82, 2.24) is 14.9 Å². The highest BCUT2D eigenvalue weighted by molar-refractivity contribution is 6.31. The van der Waals surface area contributed by atoms with E-state index in [1.165, 1.54) is 19.4 Å². The summed E-state index contributed by atoms with van der Waals surface area (Å²) in [7, 11) is 2.18. The van der Waals surface area contributed by atoms with E-state index < -0.39 is 0 Å². The Hall–Kier alpha value is -2.14. The Morgan fingerprint density at radius 2 is 1.59 bits per heavy atom. The molecular weight excluding hydrogens is 405 g/mol. The largest absolute Gasteiger partial charge is 0.476 e. The second kappa shape index (κ2) is 9.12. The summed E-state index contributed by atoms with van der Waals surface area (Å²) in [5, 5.41) is 1.37. The molecule has 2 aromatic carbocycles. The van der Waals surface area contributed by atoms with Crippen molar-refractivity contribution >= 4 is 23.2 Å². The van der Waals surface area contributed by atoms with Crippen molar-refractivity contribution in [2.24, 2.45) is 0 Å². The number of halogens is 2. The Bertz CT molecular complexity index is 961. The molecule has 4 rings (SSSR count). The quantitative estimate of drug-likeness (QED) is 0.484. The fourth-order valence-electron chi connectivity index (χ4n) is 3.71. The lowest BCUT2D eigenvalue weighted by atomic mass is 10.0. The van der Waals surface area contributed by atoms with Gasteiger partial charge in [0.05, 0.1) is 18.5 Å². The Balaban J connectivity index is 1.60. The zero-order valence-corrected chi connectivity index (χ0v) is 17.8. The van der Waals surface area contributed by atoms with Crippen LogP contribution in [-0.4, -0.2) is 41.1 Å². The van der Waals surface area contributed by atoms with E-state index in [2.05, 4.69) is 16.9 Å². The van der Waals surface area contributed by atoms with E-state index in [9.17, 15) is 0 Å². The lowest BCUT2D eigenvalue weighted by molar-refractivity contribution is 0.228. The summed E-state index contributed by atoms with van der Waals surface area (Å²) >= 11 is 12.1. The summed E-state index contributed by atoms with van der Waals surface area (Å²) in [6, 6.07) is 15.8. The number of likely N-dealkylation sites (tertiary alicyclic amines) is 1. The topological polar surface area (TPSA) is 38.2 Å². The first-order chi connectivity index (χ1) is 14.1. The maximum Gasteiger partial charge on any atom is 0.232 e. The Morgan fingerprint density at radius 1 is 0.966 bits per heavy atom. The van der Waals surface area contributed by atoms with Gasteiger partial charge < -0.3 is 9.64 Å². The summed E-state index contributed by atoms with van der Waals surface area (Å²) in [6.45, 7) is 1.80. The average Bonchev–Trinajstić information content (AvgIpc) is 3.14. The maximum atomic E-state index is 6.07. The van der Waals surface area contributed by atoms with Gasteiger partial charge in [0.2, 0.25) is 5.88 Å². The third-order valence-electron chi connectivity index (χ3n) is 5.36. The molecule has 0 saturated carbocycles. The summed E-state index contributed by atoms with van der Waals surface area (Å²) < 4.78 is 5.96. The average molecular weight is 428 g/mol. The predicted molar refractivity (Wildman–Crippen MR) is 119 cm³/mol. The molecule has 1 aromatic heterocycles. The fourth-order valence-corrected chi connectivity index (χ4v) is 3.97. The van der Waals surface area contributed by atoms with Crippen molar-refractivity contribution in [3.8, 4) is 28.4 Å². The van der Waals surface area contributed by atoms with Crippen LogP contribution in [0.5, 0.6) is 5.88 Å². The Morgan fingerprint density at radius 3 is 2.17 bits per heavy atom. The van der Waals surface area contributed by atoms with Crippen molar-refractivity contribution in [3.63, 3.8) is 0 Å². The van der Waals surface area contributed by atoms with Crippen molar-refractivity contribution in [3.05, 3.63) is 64.8 Å². The molecule has 0 bridgehead atoms. The summed E-state index contributed by atoms with van der Waals surface area (Å²) in [6.07, 6.45) is 5.18. The van der Waals surface area contributed by atoms with Gasteiger partial charge in [-0.25, -0.2) is 9.97 Å². The summed E-state index contributed by atoms with van der Waals surface area (Å²) in [5.41, 5.74) is 3.44. The van der Waals surface area contributed by atoms with Crippen LogP contribution >= 0.6 is 23.2 Å². The minimum atomic E-state index is 0.535. The lowest BCUT2D eigenvalue weighted by Crippen LogP contribution is -2.26. The summed E-state index contributed by atoms with van der Waals surface area (Å²) in [4.78, 5) is 11.8. The SMILES string of the molecule is CN1CCCC1CCOc1cnc(-c2ccc(Cl)cc2)c(-c2ccc(Cl)cc2)n1. The molecule has 2 heterocycles. The molecule has 1 aliphatic heterocycles. The van der Waals surface area contributed by atoms with Gasteiger partial charge in [-0.2, -0.15) is 0 Å². The van der Waals surface area contributed by atoms with Crippen LogP contribution in [0.4, 0.5) is 0 Å². The molecule has 1 saturated heterocycles. The molecule has 0 radical (unpaired) electrons. The van der Waals surface area contributed by atoms with Crippen LogP contribution in [0.25, 0.3) is 22.5 Å². The Kier molecular flexibility index (Phi) is 6.34. The number of aromatic nitrogens is 2. The van der Waals surface area contributed by atoms with E-state index in [-0.39, 0.29) is 0 Å². The van der Waals surface area contributed by atoms with Crippen molar-refractivity contribution in [1.29, 1.82) is 0 Å². The molecule has 0 N–H and O–H groups in total. The van der Waals surface area contributed by atoms with Gasteiger partial charge in [0.1, 0.15) is 5.69 Å². The first-order valence-electron chi connectivity index (χ1n) is 9.82. The van der Waals surface area contributed by atoms with Gasteiger partial charge in [0.15, 0.2) is 0 Å². The lowest BCUT2D eigenvalue weighted by Gasteiger charge is -2.19. The molecular formula is C23H23Cl2N3O. The molecule has 29 heavy (non-hydrogen) atoms. The van der Waals surface area contributed by atoms with Crippen molar-refractivity contribution in [2.75, 3.05) is 20.2 Å². The smallest absolute Gasteiger partial charge is 0.232 e. The van der Waals surface area contributed by atoms with Gasteiger partial charge in [-0.3, -0.25) is 0 Å². The number of benzene rings is 2. The van der Waals surface area contributed by atoms with Crippen molar-refractivity contribution < 1.29 is 4.74 Å². The molecule has 0 amide bonds. The van der Waals surface area contributed by atoms with Crippen LogP contribution < -0.4 is 4.74 Å². The van der Waals surface area contributed by atoms with Gasteiger partial charge in [-0.05, 0) is 57.1 Å². The molecule has 1 unspecified atom stereocenters. The standard InChI is InChI=1S/C23H23Cl2N3O/c1-28-13-2-3-20(28)12-14-29-21-15-26-22(16-4-8-18(24)9-5-16)23(27-21)17-6-10-19(25)11-7-17/h4-11,15,20H,2-3,12-14H2,1H3. The third kappa shape index (κ3) is 4.89. The second-order valence-corrected chi connectivity index (χ2v) is 8.21. The van der Waals surface area contributed by atoms with E-state index in [1.807, 2.05) is 48.5 Å². The van der Waals surface area contributed by atoms with Crippen LogP contribution in [-0.2, 0) is 0 Å². The highest BCUT2D eigenvalue weighted by atomic mass is 35.5. The molecule has 1 atom stereocenters. The van der Waals surface area contributed by atoms with E-state index >= 15 is 0 Å². The van der Waals surface area contributed by atoms with E-state index in [0.29, 0.717) is 28.6 Å². The molecule has 1 aliphatic rings. The van der Waals surface area contributed by atoms with Crippen LogP contribution in [0, 0.1) is 0 Å². The van der Waals surface area contributed by atoms with Crippen LogP contribution in [0.15, 0.2) is 54.7 Å². The minimum absolute atomic E-state index is 0.535. The fraction of sp³-hybridized carbons (Fsp3) is 0.304. The molecule has 3 aromatic rings. The molecule has 150 valence electrons. The van der Waals surface area contributed by atoms with Gasteiger partial charge in [0.25, 0.3) is 0 Å². The monoisotopic (exact) mass is 427 g/mol. The van der Waals surface area contributed by atoms with E-state index in [4.69, 9.17) is 32.9 Å². The van der Waals surface area contributed by atoms with E-state index in [1.54, 1.807) is 6.20 Å². The van der Waals surface area contributed by atoms with Gasteiger partial charge in [-0.15, -0.1) is 0 Å². The molecule has 4 nitrogen and oxygen atoms in total. The zero-order valence-electron chi connectivity index (χ0n) is 16.3. The predicted octanol–water partition coefficient (Wildman–Crippen LogP) is 5.98. The molecule has 0 spiro atoms.